The third-order valence-electron chi connectivity index (χ3n) is 4.49. The fourth-order valence-electron chi connectivity index (χ4n) is 3.03. The van der Waals surface area contributed by atoms with Crippen molar-refractivity contribution < 1.29 is 4.39 Å². The molecule has 0 unspecified atom stereocenters. The number of anilines is 1. The fourth-order valence-corrected chi connectivity index (χ4v) is 4.74. The maximum Gasteiger partial charge on any atom is 0.146 e. The van der Waals surface area contributed by atoms with E-state index in [1.54, 1.807) is 6.07 Å². The predicted octanol–water partition coefficient (Wildman–Crippen LogP) is 5.49. The van der Waals surface area contributed by atoms with Crippen molar-refractivity contribution in [1.29, 1.82) is 0 Å². The molecule has 2 heterocycles. The maximum absolute atomic E-state index is 14.1. The largest absolute Gasteiger partial charge is 0.369 e. The lowest BCUT2D eigenvalue weighted by Gasteiger charge is -2.33. The molecule has 1 aromatic carbocycles. The Morgan fingerprint density at radius 2 is 1.96 bits per heavy atom. The molecule has 3 rings (SSSR count). The van der Waals surface area contributed by atoms with Crippen LogP contribution in [0.4, 0.5) is 10.1 Å². The number of rotatable bonds is 4. The summed E-state index contributed by atoms with van der Waals surface area (Å²) in [6.45, 7) is 5.78. The van der Waals surface area contributed by atoms with Gasteiger partial charge in [0.1, 0.15) is 5.82 Å². The van der Waals surface area contributed by atoms with Crippen LogP contribution in [0.25, 0.3) is 0 Å². The molecule has 0 saturated carbocycles. The first-order valence-electron chi connectivity index (χ1n) is 8.27. The summed E-state index contributed by atoms with van der Waals surface area (Å²) in [5.74, 6) is -0.108. The van der Waals surface area contributed by atoms with Gasteiger partial charge in [-0.1, -0.05) is 28.1 Å². The van der Waals surface area contributed by atoms with Gasteiger partial charge in [-0.25, -0.2) is 9.37 Å². The summed E-state index contributed by atoms with van der Waals surface area (Å²) in [5.41, 5.74) is 4.04. The van der Waals surface area contributed by atoms with Crippen molar-refractivity contribution >= 4 is 33.4 Å². The molecule has 0 spiro atoms. The number of nitrogens with zero attached hydrogens (tertiary/aromatic N) is 2. The summed E-state index contributed by atoms with van der Waals surface area (Å²) >= 11 is 5.34. The van der Waals surface area contributed by atoms with Crippen LogP contribution in [0.1, 0.15) is 29.7 Å². The van der Waals surface area contributed by atoms with Gasteiger partial charge in [-0.2, -0.15) is 0 Å². The Hall–Kier alpha value is -1.07. The summed E-state index contributed by atoms with van der Waals surface area (Å²) in [4.78, 5) is 6.86. The van der Waals surface area contributed by atoms with Gasteiger partial charge in [0.25, 0.3) is 0 Å². The van der Waals surface area contributed by atoms with Crippen molar-refractivity contribution in [3.63, 3.8) is 0 Å². The van der Waals surface area contributed by atoms with Gasteiger partial charge in [0.05, 0.1) is 10.7 Å². The van der Waals surface area contributed by atoms with Gasteiger partial charge in [0, 0.05) is 29.4 Å². The van der Waals surface area contributed by atoms with Crippen LogP contribution in [-0.2, 0) is 5.33 Å². The van der Waals surface area contributed by atoms with Gasteiger partial charge in [0.2, 0.25) is 0 Å². The van der Waals surface area contributed by atoms with E-state index in [2.05, 4.69) is 39.9 Å². The monoisotopic (exact) mass is 408 g/mol. The molecule has 5 heteroatoms. The first kappa shape index (κ1) is 17.7. The van der Waals surface area contributed by atoms with E-state index in [4.69, 9.17) is 4.98 Å². The van der Waals surface area contributed by atoms with E-state index < -0.39 is 0 Å². The maximum atomic E-state index is 14.1. The first-order valence-corrected chi connectivity index (χ1v) is 10.3. The SMILES string of the molecule is Cc1ccc(N2CCC(Sc3ccc(CBr)c(C)n3)CC2)c(F)c1. The number of thioether (sulfide) groups is 1. The molecule has 0 N–H and O–H groups in total. The summed E-state index contributed by atoms with van der Waals surface area (Å²) in [5, 5.41) is 2.49. The Balaban J connectivity index is 1.60. The highest BCUT2D eigenvalue weighted by molar-refractivity contribution is 9.08. The Bertz CT molecular complexity index is 715. The van der Waals surface area contributed by atoms with Crippen molar-refractivity contribution in [2.45, 2.75) is 42.3 Å². The lowest BCUT2D eigenvalue weighted by Crippen LogP contribution is -2.35. The van der Waals surface area contributed by atoms with E-state index in [9.17, 15) is 4.39 Å². The summed E-state index contributed by atoms with van der Waals surface area (Å²) < 4.78 is 14.1. The number of pyridine rings is 1. The Morgan fingerprint density at radius 1 is 1.21 bits per heavy atom. The lowest BCUT2D eigenvalue weighted by molar-refractivity contribution is 0.565. The van der Waals surface area contributed by atoms with Crippen LogP contribution in [0, 0.1) is 19.7 Å². The zero-order chi connectivity index (χ0) is 17.1. The van der Waals surface area contributed by atoms with Crippen molar-refractivity contribution in [2.24, 2.45) is 0 Å². The molecular weight excluding hydrogens is 387 g/mol. The summed E-state index contributed by atoms with van der Waals surface area (Å²) in [6.07, 6.45) is 2.11. The van der Waals surface area contributed by atoms with Gasteiger partial charge in [-0.15, -0.1) is 11.8 Å². The molecule has 0 aliphatic carbocycles. The number of aryl methyl sites for hydroxylation is 2. The summed E-state index contributed by atoms with van der Waals surface area (Å²) in [6, 6.07) is 9.77. The highest BCUT2D eigenvalue weighted by Crippen LogP contribution is 2.32. The van der Waals surface area contributed by atoms with Crippen LogP contribution in [0.2, 0.25) is 0 Å². The average molecular weight is 409 g/mol. The highest BCUT2D eigenvalue weighted by Gasteiger charge is 2.22. The van der Waals surface area contributed by atoms with Crippen LogP contribution < -0.4 is 4.90 Å². The van der Waals surface area contributed by atoms with E-state index >= 15 is 0 Å². The number of hydrogen-bond donors (Lipinski definition) is 0. The second-order valence-corrected chi connectivity index (χ2v) is 8.17. The van der Waals surface area contributed by atoms with Gasteiger partial charge in [-0.05, 0) is 56.0 Å². The molecule has 24 heavy (non-hydrogen) atoms. The molecule has 1 aliphatic heterocycles. The second kappa shape index (κ2) is 7.87. The molecule has 2 nitrogen and oxygen atoms in total. The first-order chi connectivity index (χ1) is 11.6. The number of hydrogen-bond acceptors (Lipinski definition) is 3. The van der Waals surface area contributed by atoms with Crippen LogP contribution in [-0.4, -0.2) is 23.3 Å². The minimum absolute atomic E-state index is 0.108. The molecule has 0 atom stereocenters. The highest BCUT2D eigenvalue weighted by atomic mass is 79.9. The van der Waals surface area contributed by atoms with Gasteiger partial charge in [0.15, 0.2) is 0 Å². The lowest BCUT2D eigenvalue weighted by atomic mass is 10.1. The zero-order valence-corrected chi connectivity index (χ0v) is 16.5. The molecule has 128 valence electrons. The predicted molar refractivity (Wildman–Crippen MR) is 104 cm³/mol. The topological polar surface area (TPSA) is 16.1 Å². The number of benzene rings is 1. The smallest absolute Gasteiger partial charge is 0.146 e. The number of halogens is 2. The summed E-state index contributed by atoms with van der Waals surface area (Å²) in [7, 11) is 0. The molecule has 0 amide bonds. The molecule has 1 saturated heterocycles. The van der Waals surface area contributed by atoms with Gasteiger partial charge < -0.3 is 4.90 Å². The van der Waals surface area contributed by atoms with Crippen LogP contribution in [0.3, 0.4) is 0 Å². The van der Waals surface area contributed by atoms with Gasteiger partial charge >= 0.3 is 0 Å². The third-order valence-corrected chi connectivity index (χ3v) is 6.36. The standard InChI is InChI=1S/C19H22BrFN2S/c1-13-3-5-18(17(21)11-13)23-9-7-16(8-10-23)24-19-6-4-15(12-20)14(2)22-19/h3-6,11,16H,7-10,12H2,1-2H3. The van der Waals surface area contributed by atoms with E-state index in [-0.39, 0.29) is 5.82 Å². The minimum atomic E-state index is -0.108. The van der Waals surface area contributed by atoms with E-state index in [0.29, 0.717) is 5.25 Å². The molecule has 1 aromatic heterocycles. The number of alkyl halides is 1. The quantitative estimate of drug-likeness (QED) is 0.621. The molecule has 1 aliphatic rings. The Labute approximate surface area is 156 Å². The number of aromatic nitrogens is 1. The number of piperidine rings is 1. The van der Waals surface area contributed by atoms with E-state index in [1.165, 1.54) is 5.56 Å². The Morgan fingerprint density at radius 3 is 2.58 bits per heavy atom. The molecule has 0 bridgehead atoms. The van der Waals surface area contributed by atoms with Crippen molar-refractivity contribution in [1.82, 2.24) is 4.98 Å². The average Bonchev–Trinajstić information content (AvgIpc) is 2.56. The second-order valence-electron chi connectivity index (χ2n) is 6.29. The van der Waals surface area contributed by atoms with E-state index in [0.717, 1.165) is 53.2 Å². The molecule has 2 aromatic rings. The van der Waals surface area contributed by atoms with Crippen molar-refractivity contribution in [3.8, 4) is 0 Å². The minimum Gasteiger partial charge on any atom is -0.369 e. The van der Waals surface area contributed by atoms with Crippen molar-refractivity contribution in [2.75, 3.05) is 18.0 Å². The third kappa shape index (κ3) is 4.12. The van der Waals surface area contributed by atoms with Crippen LogP contribution >= 0.6 is 27.7 Å². The molecular formula is C19H22BrFN2S. The molecule has 0 radical (unpaired) electrons. The van der Waals surface area contributed by atoms with Crippen molar-refractivity contribution in [3.05, 3.63) is 53.0 Å². The molecule has 1 fully saturated rings. The normalized spacial score (nSPS) is 15.8. The fraction of sp³-hybridized carbons (Fsp3) is 0.421. The van der Waals surface area contributed by atoms with E-state index in [1.807, 2.05) is 30.8 Å². The van der Waals surface area contributed by atoms with Crippen LogP contribution in [0.15, 0.2) is 35.4 Å². The Kier molecular flexibility index (Phi) is 5.82. The zero-order valence-electron chi connectivity index (χ0n) is 14.1. The van der Waals surface area contributed by atoms with Gasteiger partial charge in [-0.3, -0.25) is 0 Å². The van der Waals surface area contributed by atoms with Crippen LogP contribution in [0.5, 0.6) is 0 Å².